The van der Waals surface area contributed by atoms with Crippen molar-refractivity contribution in [2.45, 2.75) is 39.3 Å². The number of nitrogens with one attached hydrogen (secondary N) is 1. The minimum atomic E-state index is 0.329. The molecule has 0 saturated heterocycles. The molecule has 9 heavy (non-hydrogen) atoms. The van der Waals surface area contributed by atoms with Crippen molar-refractivity contribution >= 4 is 0 Å². The average Bonchev–Trinajstić information content (AvgIpc) is 1.63. The summed E-state index contributed by atoms with van der Waals surface area (Å²) in [5.41, 5.74) is 0. The van der Waals surface area contributed by atoms with E-state index in [-0.39, 0.29) is 0 Å². The largest absolute Gasteiger partial charge is 0.311 e. The van der Waals surface area contributed by atoms with Crippen LogP contribution in [0.3, 0.4) is 0 Å². The zero-order chi connectivity index (χ0) is 7.28. The fourth-order valence-corrected chi connectivity index (χ4v) is 0.765. The van der Waals surface area contributed by atoms with Gasteiger partial charge in [-0.1, -0.05) is 13.8 Å². The highest BCUT2D eigenvalue weighted by molar-refractivity contribution is 4.78. The van der Waals surface area contributed by atoms with Crippen LogP contribution in [0.2, 0.25) is 0 Å². The van der Waals surface area contributed by atoms with Gasteiger partial charge in [0, 0.05) is 12.1 Å². The van der Waals surface area contributed by atoms with E-state index >= 15 is 0 Å². The highest BCUT2D eigenvalue weighted by Crippen LogP contribution is 1.89. The quantitative estimate of drug-likeness (QED) is 0.618. The van der Waals surface area contributed by atoms with Gasteiger partial charge in [-0.2, -0.15) is 5.26 Å². The Bertz CT molecular complexity index is 102. The second-order valence-electron chi connectivity index (χ2n) is 2.58. The molecule has 0 aromatic rings. The molecule has 0 amide bonds. The Balaban J connectivity index is 3.29. The molecule has 0 aromatic carbocycles. The van der Waals surface area contributed by atoms with E-state index in [1.165, 1.54) is 0 Å². The summed E-state index contributed by atoms with van der Waals surface area (Å²) in [5.74, 6) is 0. The van der Waals surface area contributed by atoms with Gasteiger partial charge in [0.05, 0.1) is 12.5 Å². The first kappa shape index (κ1) is 8.45. The Labute approximate surface area is 56.9 Å². The van der Waals surface area contributed by atoms with E-state index < -0.39 is 0 Å². The normalized spacial score (nSPS) is 13.2. The maximum Gasteiger partial charge on any atom is 0.0638 e. The molecule has 1 atom stereocenters. The third-order valence-electron chi connectivity index (χ3n) is 1.02. The lowest BCUT2D eigenvalue weighted by Gasteiger charge is -2.12. The third-order valence-corrected chi connectivity index (χ3v) is 1.02. The van der Waals surface area contributed by atoms with Crippen LogP contribution in [0.4, 0.5) is 0 Å². The van der Waals surface area contributed by atoms with Crippen LogP contribution in [-0.2, 0) is 0 Å². The van der Waals surface area contributed by atoms with Gasteiger partial charge in [-0.15, -0.1) is 0 Å². The van der Waals surface area contributed by atoms with Gasteiger partial charge in [-0.05, 0) is 6.92 Å². The number of nitriles is 1. The predicted molar refractivity (Wildman–Crippen MR) is 38.0 cm³/mol. The smallest absolute Gasteiger partial charge is 0.0638 e. The van der Waals surface area contributed by atoms with Crippen LogP contribution in [0.15, 0.2) is 0 Å². The maximum atomic E-state index is 8.26. The highest BCUT2D eigenvalue weighted by atomic mass is 14.9. The maximum absolute atomic E-state index is 8.26. The van der Waals surface area contributed by atoms with E-state index in [4.69, 9.17) is 5.26 Å². The van der Waals surface area contributed by atoms with Gasteiger partial charge in [-0.25, -0.2) is 0 Å². The Morgan fingerprint density at radius 2 is 2.00 bits per heavy atom. The van der Waals surface area contributed by atoms with Crippen LogP contribution in [0.1, 0.15) is 27.2 Å². The summed E-state index contributed by atoms with van der Waals surface area (Å²) < 4.78 is 0. The summed E-state index contributed by atoms with van der Waals surface area (Å²) >= 11 is 0. The summed E-state index contributed by atoms with van der Waals surface area (Å²) in [6, 6.07) is 2.92. The molecule has 2 nitrogen and oxygen atoms in total. The molecule has 0 spiro atoms. The summed E-state index contributed by atoms with van der Waals surface area (Å²) in [6.07, 6.45) is 0.595. The summed E-state index contributed by atoms with van der Waals surface area (Å²) in [7, 11) is 0. The minimum absolute atomic E-state index is 0.329. The van der Waals surface area contributed by atoms with E-state index in [1.54, 1.807) is 0 Å². The van der Waals surface area contributed by atoms with Gasteiger partial charge in [-0.3, -0.25) is 0 Å². The Morgan fingerprint density at radius 1 is 1.44 bits per heavy atom. The number of hydrogen-bond donors (Lipinski definition) is 1. The van der Waals surface area contributed by atoms with Crippen LogP contribution in [0.5, 0.6) is 0 Å². The SMILES string of the molecule is CC(C)NC(C)CC#N. The van der Waals surface area contributed by atoms with Crippen molar-refractivity contribution in [3.8, 4) is 6.07 Å². The van der Waals surface area contributed by atoms with Crippen LogP contribution in [0, 0.1) is 11.3 Å². The lowest BCUT2D eigenvalue weighted by molar-refractivity contribution is 0.496. The van der Waals surface area contributed by atoms with E-state index in [0.29, 0.717) is 18.5 Å². The van der Waals surface area contributed by atoms with Crippen molar-refractivity contribution in [3.63, 3.8) is 0 Å². The van der Waals surface area contributed by atoms with Crippen molar-refractivity contribution in [3.05, 3.63) is 0 Å². The van der Waals surface area contributed by atoms with Gasteiger partial charge < -0.3 is 5.32 Å². The molecule has 0 aliphatic rings. The number of hydrogen-bond acceptors (Lipinski definition) is 2. The molecular formula is C7H14N2. The standard InChI is InChI=1S/C7H14N2/c1-6(2)9-7(3)4-5-8/h6-7,9H,4H2,1-3H3. The zero-order valence-corrected chi connectivity index (χ0v) is 6.31. The number of nitrogens with zero attached hydrogens (tertiary/aromatic N) is 1. The second-order valence-corrected chi connectivity index (χ2v) is 2.58. The van der Waals surface area contributed by atoms with Crippen LogP contribution in [0.25, 0.3) is 0 Å². The van der Waals surface area contributed by atoms with Crippen molar-refractivity contribution in [2.75, 3.05) is 0 Å². The molecule has 0 bridgehead atoms. The van der Waals surface area contributed by atoms with E-state index in [9.17, 15) is 0 Å². The summed E-state index contributed by atoms with van der Waals surface area (Å²) in [4.78, 5) is 0. The molecule has 0 fully saturated rings. The van der Waals surface area contributed by atoms with Gasteiger partial charge in [0.25, 0.3) is 0 Å². The van der Waals surface area contributed by atoms with Crippen molar-refractivity contribution in [1.29, 1.82) is 5.26 Å². The second kappa shape index (κ2) is 4.34. The fraction of sp³-hybridized carbons (Fsp3) is 0.857. The molecule has 0 aromatic heterocycles. The first-order valence-electron chi connectivity index (χ1n) is 3.29. The summed E-state index contributed by atoms with van der Waals surface area (Å²) in [5, 5.41) is 11.5. The van der Waals surface area contributed by atoms with E-state index in [0.717, 1.165) is 0 Å². The molecule has 0 aliphatic heterocycles. The highest BCUT2D eigenvalue weighted by Gasteiger charge is 2.00. The zero-order valence-electron chi connectivity index (χ0n) is 6.31. The third kappa shape index (κ3) is 5.32. The van der Waals surface area contributed by atoms with E-state index in [2.05, 4.69) is 25.2 Å². The van der Waals surface area contributed by atoms with Crippen LogP contribution >= 0.6 is 0 Å². The minimum Gasteiger partial charge on any atom is -0.311 e. The Kier molecular flexibility index (Phi) is 4.08. The molecule has 0 aliphatic carbocycles. The van der Waals surface area contributed by atoms with Crippen LogP contribution in [-0.4, -0.2) is 12.1 Å². The molecule has 1 N–H and O–H groups in total. The Hall–Kier alpha value is -0.550. The molecule has 1 unspecified atom stereocenters. The predicted octanol–water partition coefficient (Wildman–Crippen LogP) is 1.29. The summed E-state index contributed by atoms with van der Waals surface area (Å²) in [6.45, 7) is 6.17. The monoisotopic (exact) mass is 126 g/mol. The molecule has 0 heterocycles. The first-order chi connectivity index (χ1) is 4.16. The van der Waals surface area contributed by atoms with Crippen molar-refractivity contribution in [1.82, 2.24) is 5.32 Å². The Morgan fingerprint density at radius 3 is 2.33 bits per heavy atom. The lowest BCUT2D eigenvalue weighted by atomic mass is 10.2. The van der Waals surface area contributed by atoms with Gasteiger partial charge in [0.15, 0.2) is 0 Å². The molecule has 52 valence electrons. The lowest BCUT2D eigenvalue weighted by Crippen LogP contribution is -2.31. The number of rotatable bonds is 3. The molecule has 0 rings (SSSR count). The first-order valence-corrected chi connectivity index (χ1v) is 3.29. The average molecular weight is 126 g/mol. The van der Waals surface area contributed by atoms with Gasteiger partial charge in [0.1, 0.15) is 0 Å². The molecule has 0 radical (unpaired) electrons. The van der Waals surface area contributed by atoms with Crippen molar-refractivity contribution in [2.24, 2.45) is 0 Å². The molecule has 0 saturated carbocycles. The topological polar surface area (TPSA) is 35.8 Å². The molecule has 2 heteroatoms. The van der Waals surface area contributed by atoms with Crippen molar-refractivity contribution < 1.29 is 0 Å². The molecular weight excluding hydrogens is 112 g/mol. The van der Waals surface area contributed by atoms with E-state index in [1.807, 2.05) is 6.92 Å². The fourth-order valence-electron chi connectivity index (χ4n) is 0.765. The van der Waals surface area contributed by atoms with Gasteiger partial charge in [0.2, 0.25) is 0 Å². The van der Waals surface area contributed by atoms with Gasteiger partial charge >= 0.3 is 0 Å². The van der Waals surface area contributed by atoms with Crippen LogP contribution < -0.4 is 5.32 Å².